The predicted octanol–water partition coefficient (Wildman–Crippen LogP) is 3.67. The van der Waals surface area contributed by atoms with Gasteiger partial charge in [-0.2, -0.15) is 0 Å². The van der Waals surface area contributed by atoms with Gasteiger partial charge in [0.1, 0.15) is 17.4 Å². The van der Waals surface area contributed by atoms with Crippen LogP contribution < -0.4 is 4.74 Å². The van der Waals surface area contributed by atoms with E-state index in [1.165, 1.54) is 10.8 Å². The Morgan fingerprint density at radius 3 is 2.59 bits per heavy atom. The Hall–Kier alpha value is -2.64. The molecule has 0 amide bonds. The van der Waals surface area contributed by atoms with Gasteiger partial charge in [0.25, 0.3) is 0 Å². The van der Waals surface area contributed by atoms with E-state index in [0.717, 1.165) is 18.2 Å². The van der Waals surface area contributed by atoms with Crippen LogP contribution in [0.3, 0.4) is 0 Å². The largest absolute Gasteiger partial charge is 0.573 e. The van der Waals surface area contributed by atoms with E-state index < -0.39 is 17.9 Å². The molecule has 22 heavy (non-hydrogen) atoms. The van der Waals surface area contributed by atoms with Crippen LogP contribution in [0.2, 0.25) is 0 Å². The minimum absolute atomic E-state index is 0.00560. The number of halogens is 4. The minimum atomic E-state index is -4.93. The highest BCUT2D eigenvalue weighted by Gasteiger charge is 2.33. The van der Waals surface area contributed by atoms with Gasteiger partial charge in [0.15, 0.2) is 5.65 Å². The summed E-state index contributed by atoms with van der Waals surface area (Å²) in [4.78, 5) is 8.10. The SMILES string of the molecule is Cn1c(-c2c(F)cccc2OC(F)(F)F)nc2ncccc21. The topological polar surface area (TPSA) is 39.9 Å². The van der Waals surface area contributed by atoms with Gasteiger partial charge >= 0.3 is 6.36 Å². The van der Waals surface area contributed by atoms with Crippen molar-refractivity contribution in [1.29, 1.82) is 0 Å². The number of benzene rings is 1. The second-order valence-electron chi connectivity index (χ2n) is 4.50. The summed E-state index contributed by atoms with van der Waals surface area (Å²) in [5, 5.41) is 0. The van der Waals surface area contributed by atoms with Crippen molar-refractivity contribution in [3.05, 3.63) is 42.3 Å². The number of alkyl halides is 3. The number of ether oxygens (including phenoxy) is 1. The first-order chi connectivity index (χ1) is 10.4. The van der Waals surface area contributed by atoms with Crippen molar-refractivity contribution in [2.75, 3.05) is 0 Å². The maximum Gasteiger partial charge on any atom is 0.573 e. The van der Waals surface area contributed by atoms with Gasteiger partial charge in [0.2, 0.25) is 0 Å². The Kier molecular flexibility index (Phi) is 3.23. The van der Waals surface area contributed by atoms with Gasteiger partial charge in [-0.3, -0.25) is 0 Å². The lowest BCUT2D eigenvalue weighted by atomic mass is 10.1. The molecular formula is C14H9F4N3O. The first-order valence-electron chi connectivity index (χ1n) is 6.19. The van der Waals surface area contributed by atoms with Crippen LogP contribution in [0.25, 0.3) is 22.6 Å². The maximum absolute atomic E-state index is 14.1. The monoisotopic (exact) mass is 311 g/mol. The number of aryl methyl sites for hydroxylation is 1. The third-order valence-corrected chi connectivity index (χ3v) is 3.08. The molecule has 0 spiro atoms. The maximum atomic E-state index is 14.1. The number of imidazole rings is 1. The molecule has 0 unspecified atom stereocenters. The van der Waals surface area contributed by atoms with Crippen LogP contribution in [0.5, 0.6) is 5.75 Å². The molecule has 0 atom stereocenters. The van der Waals surface area contributed by atoms with Crippen molar-refractivity contribution in [3.8, 4) is 17.1 Å². The van der Waals surface area contributed by atoms with Crippen LogP contribution in [-0.2, 0) is 7.05 Å². The number of hydrogen-bond donors (Lipinski definition) is 0. The van der Waals surface area contributed by atoms with E-state index in [-0.39, 0.29) is 11.4 Å². The normalized spacial score (nSPS) is 11.9. The summed E-state index contributed by atoms with van der Waals surface area (Å²) in [5.41, 5.74) is 0.514. The van der Waals surface area contributed by atoms with E-state index in [1.54, 1.807) is 19.2 Å². The standard InChI is InChI=1S/C14H9F4N3O/c1-21-9-5-3-7-19-12(9)20-13(21)11-8(15)4-2-6-10(11)22-14(16,17)18/h2-7H,1H3. The molecule has 0 aliphatic carbocycles. The van der Waals surface area contributed by atoms with E-state index in [0.29, 0.717) is 11.2 Å². The fraction of sp³-hybridized carbons (Fsp3) is 0.143. The zero-order valence-electron chi connectivity index (χ0n) is 11.2. The van der Waals surface area contributed by atoms with Crippen LogP contribution in [0.15, 0.2) is 36.5 Å². The van der Waals surface area contributed by atoms with E-state index in [1.807, 2.05) is 0 Å². The van der Waals surface area contributed by atoms with Crippen LogP contribution in [0, 0.1) is 5.82 Å². The molecule has 8 heteroatoms. The van der Waals surface area contributed by atoms with Crippen LogP contribution >= 0.6 is 0 Å². The highest BCUT2D eigenvalue weighted by atomic mass is 19.4. The zero-order chi connectivity index (χ0) is 15.9. The van der Waals surface area contributed by atoms with Gasteiger partial charge in [0, 0.05) is 13.2 Å². The van der Waals surface area contributed by atoms with Crippen molar-refractivity contribution >= 4 is 11.2 Å². The number of pyridine rings is 1. The van der Waals surface area contributed by atoms with Crippen molar-refractivity contribution < 1.29 is 22.3 Å². The highest BCUT2D eigenvalue weighted by Crippen LogP contribution is 2.36. The molecule has 0 bridgehead atoms. The van der Waals surface area contributed by atoms with Crippen molar-refractivity contribution in [3.63, 3.8) is 0 Å². The number of aromatic nitrogens is 3. The summed E-state index contributed by atoms with van der Waals surface area (Å²) < 4.78 is 56.9. The molecule has 2 aromatic heterocycles. The van der Waals surface area contributed by atoms with Crippen LogP contribution in [0.1, 0.15) is 0 Å². The number of fused-ring (bicyclic) bond motifs is 1. The fourth-order valence-electron chi connectivity index (χ4n) is 2.18. The predicted molar refractivity (Wildman–Crippen MR) is 70.6 cm³/mol. The summed E-state index contributed by atoms with van der Waals surface area (Å²) in [5.74, 6) is -1.50. The number of rotatable bonds is 2. The van der Waals surface area contributed by atoms with E-state index >= 15 is 0 Å². The molecule has 0 fully saturated rings. The quantitative estimate of drug-likeness (QED) is 0.678. The van der Waals surface area contributed by atoms with E-state index in [4.69, 9.17) is 0 Å². The molecule has 114 valence electrons. The molecule has 0 aliphatic rings. The molecule has 0 saturated carbocycles. The van der Waals surface area contributed by atoms with Crippen molar-refractivity contribution in [1.82, 2.24) is 14.5 Å². The highest BCUT2D eigenvalue weighted by molar-refractivity contribution is 5.79. The van der Waals surface area contributed by atoms with Gasteiger partial charge in [-0.05, 0) is 24.3 Å². The summed E-state index contributed by atoms with van der Waals surface area (Å²) in [6.45, 7) is 0. The molecule has 4 nitrogen and oxygen atoms in total. The summed E-state index contributed by atoms with van der Waals surface area (Å²) in [6.07, 6.45) is -3.43. The third kappa shape index (κ3) is 2.47. The molecule has 0 N–H and O–H groups in total. The zero-order valence-corrected chi connectivity index (χ0v) is 11.2. The summed E-state index contributed by atoms with van der Waals surface area (Å²) >= 11 is 0. The summed E-state index contributed by atoms with van der Waals surface area (Å²) in [6, 6.07) is 6.57. The van der Waals surface area contributed by atoms with Gasteiger partial charge < -0.3 is 9.30 Å². The second kappa shape index (κ2) is 4.97. The molecule has 3 rings (SSSR count). The molecule has 0 saturated heterocycles. The Bertz CT molecular complexity index is 842. The molecule has 1 aromatic carbocycles. The van der Waals surface area contributed by atoms with Crippen LogP contribution in [-0.4, -0.2) is 20.9 Å². The number of nitrogens with zero attached hydrogens (tertiary/aromatic N) is 3. The Labute approximate surface area is 122 Å². The second-order valence-corrected chi connectivity index (χ2v) is 4.50. The molecular weight excluding hydrogens is 302 g/mol. The average molecular weight is 311 g/mol. The molecule has 3 aromatic rings. The first-order valence-corrected chi connectivity index (χ1v) is 6.19. The van der Waals surface area contributed by atoms with Crippen molar-refractivity contribution in [2.45, 2.75) is 6.36 Å². The van der Waals surface area contributed by atoms with Crippen LogP contribution in [0.4, 0.5) is 17.6 Å². The van der Waals surface area contributed by atoms with Gasteiger partial charge in [-0.1, -0.05) is 6.07 Å². The Morgan fingerprint density at radius 2 is 1.91 bits per heavy atom. The Balaban J connectivity index is 2.24. The van der Waals surface area contributed by atoms with Gasteiger partial charge in [-0.15, -0.1) is 13.2 Å². The minimum Gasteiger partial charge on any atom is -0.405 e. The number of hydrogen-bond acceptors (Lipinski definition) is 3. The molecule has 0 aliphatic heterocycles. The Morgan fingerprint density at radius 1 is 1.14 bits per heavy atom. The summed E-state index contributed by atoms with van der Waals surface area (Å²) in [7, 11) is 1.57. The van der Waals surface area contributed by atoms with Gasteiger partial charge in [-0.25, -0.2) is 14.4 Å². The smallest absolute Gasteiger partial charge is 0.405 e. The average Bonchev–Trinajstić information content (AvgIpc) is 2.75. The van der Waals surface area contributed by atoms with Crippen molar-refractivity contribution in [2.24, 2.45) is 7.05 Å². The lowest BCUT2D eigenvalue weighted by molar-refractivity contribution is -0.274. The van der Waals surface area contributed by atoms with Gasteiger partial charge in [0.05, 0.1) is 11.1 Å². The first kappa shape index (κ1) is 14.3. The lowest BCUT2D eigenvalue weighted by Gasteiger charge is -2.13. The molecule has 0 radical (unpaired) electrons. The van der Waals surface area contributed by atoms with E-state index in [9.17, 15) is 17.6 Å². The van der Waals surface area contributed by atoms with E-state index in [2.05, 4.69) is 14.7 Å². The molecule has 2 heterocycles. The lowest BCUT2D eigenvalue weighted by Crippen LogP contribution is -2.18. The fourth-order valence-corrected chi connectivity index (χ4v) is 2.18. The third-order valence-electron chi connectivity index (χ3n) is 3.08.